The van der Waals surface area contributed by atoms with Crippen molar-refractivity contribution in [3.8, 4) is 17.2 Å². The SMILES string of the molecule is CC.CC.COCc1nnc(N2CC(C)C(c3ccc(F)cc3Cl)C2)n1-c1ccc2c(c1)OCO2. The lowest BCUT2D eigenvalue weighted by molar-refractivity contribution is 0.173. The summed E-state index contributed by atoms with van der Waals surface area (Å²) in [5.74, 6) is 2.93. The molecule has 0 bridgehead atoms. The Morgan fingerprint density at radius 3 is 2.49 bits per heavy atom. The number of anilines is 1. The van der Waals surface area contributed by atoms with Gasteiger partial charge in [0.2, 0.25) is 12.7 Å². The van der Waals surface area contributed by atoms with E-state index in [1.807, 2.05) is 50.5 Å². The minimum atomic E-state index is -0.331. The average Bonchev–Trinajstić information content (AvgIpc) is 3.60. The monoisotopic (exact) mass is 504 g/mol. The molecular weight excluding hydrogens is 471 g/mol. The first kappa shape index (κ1) is 26.8. The summed E-state index contributed by atoms with van der Waals surface area (Å²) in [6.07, 6.45) is 0. The largest absolute Gasteiger partial charge is 0.454 e. The quantitative estimate of drug-likeness (QED) is 0.410. The molecule has 0 saturated carbocycles. The molecule has 1 saturated heterocycles. The van der Waals surface area contributed by atoms with Crippen LogP contribution in [0.2, 0.25) is 5.02 Å². The van der Waals surface area contributed by atoms with Crippen LogP contribution < -0.4 is 14.4 Å². The highest BCUT2D eigenvalue weighted by Gasteiger charge is 2.35. The van der Waals surface area contributed by atoms with Crippen LogP contribution in [0.1, 0.15) is 51.9 Å². The lowest BCUT2D eigenvalue weighted by atomic mass is 9.90. The fourth-order valence-corrected chi connectivity index (χ4v) is 4.67. The normalized spacial score (nSPS) is 18.0. The lowest BCUT2D eigenvalue weighted by Gasteiger charge is -2.20. The Balaban J connectivity index is 0.000000815. The average molecular weight is 505 g/mol. The van der Waals surface area contributed by atoms with Gasteiger partial charge in [-0.2, -0.15) is 0 Å². The highest BCUT2D eigenvalue weighted by atomic mass is 35.5. The molecule has 9 heteroatoms. The molecule has 3 heterocycles. The van der Waals surface area contributed by atoms with Crippen LogP contribution >= 0.6 is 11.6 Å². The molecule has 1 fully saturated rings. The molecule has 0 aliphatic carbocycles. The van der Waals surface area contributed by atoms with Crippen LogP contribution in [0.4, 0.5) is 10.3 Å². The predicted molar refractivity (Wildman–Crippen MR) is 136 cm³/mol. The summed E-state index contributed by atoms with van der Waals surface area (Å²) in [5, 5.41) is 9.31. The zero-order valence-corrected chi connectivity index (χ0v) is 22.0. The number of halogens is 2. The van der Waals surface area contributed by atoms with Crippen molar-refractivity contribution in [3.05, 3.63) is 58.6 Å². The van der Waals surface area contributed by atoms with Crippen molar-refractivity contribution >= 4 is 17.5 Å². The molecule has 0 amide bonds. The molecule has 190 valence electrons. The van der Waals surface area contributed by atoms with Gasteiger partial charge in [0.25, 0.3) is 0 Å². The molecule has 2 aliphatic rings. The number of benzene rings is 2. The maximum atomic E-state index is 13.5. The van der Waals surface area contributed by atoms with E-state index in [2.05, 4.69) is 22.0 Å². The summed E-state index contributed by atoms with van der Waals surface area (Å²) in [4.78, 5) is 2.19. The Morgan fingerprint density at radius 1 is 1.03 bits per heavy atom. The summed E-state index contributed by atoms with van der Waals surface area (Å²) in [6.45, 7) is 12.2. The van der Waals surface area contributed by atoms with Crippen LogP contribution in [0.5, 0.6) is 11.5 Å². The maximum Gasteiger partial charge on any atom is 0.232 e. The Hall–Kier alpha value is -2.84. The van der Waals surface area contributed by atoms with Crippen LogP contribution in [0.3, 0.4) is 0 Å². The summed E-state index contributed by atoms with van der Waals surface area (Å²) in [6, 6.07) is 10.4. The second-order valence-electron chi connectivity index (χ2n) is 7.88. The van der Waals surface area contributed by atoms with Crippen LogP contribution in [-0.2, 0) is 11.3 Å². The van der Waals surface area contributed by atoms with E-state index in [1.54, 1.807) is 13.2 Å². The highest BCUT2D eigenvalue weighted by molar-refractivity contribution is 6.31. The first-order valence-electron chi connectivity index (χ1n) is 12.1. The van der Waals surface area contributed by atoms with Crippen molar-refractivity contribution in [2.75, 3.05) is 31.9 Å². The van der Waals surface area contributed by atoms with Crippen molar-refractivity contribution in [2.24, 2.45) is 5.92 Å². The third-order valence-corrected chi connectivity index (χ3v) is 6.19. The molecular formula is C26H34ClFN4O3. The Bertz CT molecular complexity index is 1120. The van der Waals surface area contributed by atoms with Gasteiger partial charge in [-0.15, -0.1) is 10.2 Å². The Morgan fingerprint density at radius 2 is 1.77 bits per heavy atom. The number of hydrogen-bond donors (Lipinski definition) is 0. The van der Waals surface area contributed by atoms with E-state index in [1.165, 1.54) is 12.1 Å². The minimum Gasteiger partial charge on any atom is -0.454 e. The van der Waals surface area contributed by atoms with Crippen molar-refractivity contribution in [1.29, 1.82) is 0 Å². The van der Waals surface area contributed by atoms with Crippen molar-refractivity contribution in [1.82, 2.24) is 14.8 Å². The van der Waals surface area contributed by atoms with Crippen LogP contribution in [0, 0.1) is 11.7 Å². The summed E-state index contributed by atoms with van der Waals surface area (Å²) >= 11 is 6.36. The van der Waals surface area contributed by atoms with Gasteiger partial charge in [-0.1, -0.05) is 52.3 Å². The minimum absolute atomic E-state index is 0.154. The number of ether oxygens (including phenoxy) is 3. The Kier molecular flexibility index (Phi) is 9.34. The van der Waals surface area contributed by atoms with Gasteiger partial charge in [-0.25, -0.2) is 4.39 Å². The predicted octanol–water partition coefficient (Wildman–Crippen LogP) is 6.23. The first-order chi connectivity index (χ1) is 17.0. The summed E-state index contributed by atoms with van der Waals surface area (Å²) in [5.41, 5.74) is 1.82. The molecule has 2 aliphatic heterocycles. The molecule has 5 rings (SSSR count). The maximum absolute atomic E-state index is 13.5. The van der Waals surface area contributed by atoms with E-state index in [-0.39, 0.29) is 18.5 Å². The second-order valence-corrected chi connectivity index (χ2v) is 8.28. The number of fused-ring (bicyclic) bond motifs is 1. The first-order valence-corrected chi connectivity index (χ1v) is 12.5. The summed E-state index contributed by atoms with van der Waals surface area (Å²) in [7, 11) is 1.63. The Labute approximate surface area is 211 Å². The van der Waals surface area contributed by atoms with E-state index in [4.69, 9.17) is 25.8 Å². The smallest absolute Gasteiger partial charge is 0.232 e. The molecule has 0 N–H and O–H groups in total. The van der Waals surface area contributed by atoms with E-state index >= 15 is 0 Å². The van der Waals surface area contributed by atoms with Gasteiger partial charge >= 0.3 is 0 Å². The molecule has 35 heavy (non-hydrogen) atoms. The van der Waals surface area contributed by atoms with Gasteiger partial charge in [0, 0.05) is 37.2 Å². The van der Waals surface area contributed by atoms with Gasteiger partial charge < -0.3 is 19.1 Å². The molecule has 2 aromatic carbocycles. The fourth-order valence-electron chi connectivity index (χ4n) is 4.36. The molecule has 7 nitrogen and oxygen atoms in total. The van der Waals surface area contributed by atoms with Gasteiger partial charge in [0.05, 0.1) is 5.69 Å². The fraction of sp³-hybridized carbons (Fsp3) is 0.462. The third kappa shape index (κ3) is 5.54. The van der Waals surface area contributed by atoms with Gasteiger partial charge in [0.15, 0.2) is 17.3 Å². The van der Waals surface area contributed by atoms with E-state index < -0.39 is 0 Å². The van der Waals surface area contributed by atoms with Crippen molar-refractivity contribution in [3.63, 3.8) is 0 Å². The van der Waals surface area contributed by atoms with Crippen molar-refractivity contribution in [2.45, 2.75) is 47.1 Å². The lowest BCUT2D eigenvalue weighted by Crippen LogP contribution is -2.24. The van der Waals surface area contributed by atoms with Crippen LogP contribution in [0.25, 0.3) is 5.69 Å². The van der Waals surface area contributed by atoms with Gasteiger partial charge in [0.1, 0.15) is 12.4 Å². The zero-order chi connectivity index (χ0) is 25.5. The van der Waals surface area contributed by atoms with Crippen molar-refractivity contribution < 1.29 is 18.6 Å². The second kappa shape index (κ2) is 12.2. The van der Waals surface area contributed by atoms with E-state index in [0.717, 1.165) is 23.7 Å². The zero-order valence-electron chi connectivity index (χ0n) is 21.2. The number of rotatable bonds is 5. The molecule has 2 atom stereocenters. The van der Waals surface area contributed by atoms with Crippen LogP contribution in [0.15, 0.2) is 36.4 Å². The van der Waals surface area contributed by atoms with E-state index in [9.17, 15) is 4.39 Å². The molecule has 2 unspecified atom stereocenters. The third-order valence-electron chi connectivity index (χ3n) is 5.86. The number of hydrogen-bond acceptors (Lipinski definition) is 6. The van der Waals surface area contributed by atoms with Gasteiger partial charge in [-0.3, -0.25) is 4.57 Å². The highest BCUT2D eigenvalue weighted by Crippen LogP contribution is 2.39. The van der Waals surface area contributed by atoms with Crippen LogP contribution in [-0.4, -0.2) is 41.8 Å². The topological polar surface area (TPSA) is 61.6 Å². The number of aromatic nitrogens is 3. The van der Waals surface area contributed by atoms with E-state index in [0.29, 0.717) is 41.4 Å². The number of nitrogens with zero attached hydrogens (tertiary/aromatic N) is 4. The molecule has 0 spiro atoms. The summed E-state index contributed by atoms with van der Waals surface area (Å²) < 4.78 is 31.9. The standard InChI is InChI=1S/C22H22ClFN4O3.2C2H6/c1-13-9-27(10-17(13)16-5-3-14(24)7-18(16)23)22-26-25-21(11-29-2)28(22)15-4-6-19-20(8-15)31-12-30-19;2*1-2/h3-8,13,17H,9-12H2,1-2H3;2*1-2H3. The molecule has 1 aromatic heterocycles. The van der Waals surface area contributed by atoms with Gasteiger partial charge in [-0.05, 0) is 35.7 Å². The molecule has 3 aromatic rings. The number of methoxy groups -OCH3 is 1. The molecule has 0 radical (unpaired) electrons.